The third-order valence-electron chi connectivity index (χ3n) is 3.28. The molecule has 0 radical (unpaired) electrons. The minimum absolute atomic E-state index is 0.0782. The molecular formula is C14H16ClFN2O3. The highest BCUT2D eigenvalue weighted by Crippen LogP contribution is 2.32. The van der Waals surface area contributed by atoms with Crippen molar-refractivity contribution in [2.75, 3.05) is 14.2 Å². The molecule has 0 fully saturated rings. The number of alkyl halides is 1. The van der Waals surface area contributed by atoms with Gasteiger partial charge >= 0.3 is 5.97 Å². The van der Waals surface area contributed by atoms with E-state index in [0.29, 0.717) is 16.9 Å². The first-order chi connectivity index (χ1) is 9.90. The van der Waals surface area contributed by atoms with Crippen LogP contribution in [0.1, 0.15) is 31.1 Å². The zero-order chi connectivity index (χ0) is 15.7. The van der Waals surface area contributed by atoms with E-state index < -0.39 is 23.2 Å². The van der Waals surface area contributed by atoms with Crippen LogP contribution in [0.5, 0.6) is 5.75 Å². The highest BCUT2D eigenvalue weighted by molar-refractivity contribution is 6.20. The molecule has 5 nitrogen and oxygen atoms in total. The van der Waals surface area contributed by atoms with E-state index in [4.69, 9.17) is 21.1 Å². The third-order valence-corrected chi connectivity index (χ3v) is 3.47. The summed E-state index contributed by atoms with van der Waals surface area (Å²) in [5, 5.41) is -0.446. The summed E-state index contributed by atoms with van der Waals surface area (Å²) in [5.74, 6) is -0.406. The largest absolute Gasteiger partial charge is 0.494 e. The van der Waals surface area contributed by atoms with Gasteiger partial charge in [-0.3, -0.25) is 0 Å². The van der Waals surface area contributed by atoms with Gasteiger partial charge in [0.25, 0.3) is 0 Å². The van der Waals surface area contributed by atoms with Gasteiger partial charge in [-0.1, -0.05) is 0 Å². The smallest absolute Gasteiger partial charge is 0.328 e. The Morgan fingerprint density at radius 1 is 1.38 bits per heavy atom. The number of nitrogens with zero attached hydrogens (tertiary/aromatic N) is 2. The fourth-order valence-corrected chi connectivity index (χ4v) is 2.39. The van der Waals surface area contributed by atoms with Gasteiger partial charge in [0.05, 0.1) is 30.6 Å². The van der Waals surface area contributed by atoms with Gasteiger partial charge in [0.2, 0.25) is 0 Å². The highest BCUT2D eigenvalue weighted by atomic mass is 35.5. The van der Waals surface area contributed by atoms with Gasteiger partial charge < -0.3 is 14.0 Å². The lowest BCUT2D eigenvalue weighted by molar-refractivity contribution is -0.143. The maximum Gasteiger partial charge on any atom is 0.328 e. The lowest BCUT2D eigenvalue weighted by atomic mass is 10.2. The number of imidazole rings is 1. The molecule has 2 aromatic rings. The molecule has 0 aliphatic rings. The maximum absolute atomic E-state index is 13.8. The molecule has 2 unspecified atom stereocenters. The zero-order valence-electron chi connectivity index (χ0n) is 12.2. The predicted molar refractivity (Wildman–Crippen MR) is 77.2 cm³/mol. The number of hydrogen-bond donors (Lipinski definition) is 0. The van der Waals surface area contributed by atoms with Crippen molar-refractivity contribution < 1.29 is 18.7 Å². The fraction of sp³-hybridized carbons (Fsp3) is 0.429. The van der Waals surface area contributed by atoms with Crippen LogP contribution in [0.4, 0.5) is 4.39 Å². The van der Waals surface area contributed by atoms with Gasteiger partial charge in [-0.25, -0.2) is 14.2 Å². The van der Waals surface area contributed by atoms with Crippen molar-refractivity contribution in [1.29, 1.82) is 0 Å². The van der Waals surface area contributed by atoms with E-state index in [1.807, 2.05) is 0 Å². The van der Waals surface area contributed by atoms with E-state index >= 15 is 0 Å². The number of carbonyl (C=O) groups excluding carboxylic acids is 1. The molecule has 1 aromatic carbocycles. The Balaban J connectivity index is 2.74. The van der Waals surface area contributed by atoms with Gasteiger partial charge in [-0.15, -0.1) is 11.6 Å². The van der Waals surface area contributed by atoms with Crippen LogP contribution in [0.3, 0.4) is 0 Å². The lowest BCUT2D eigenvalue weighted by Gasteiger charge is -2.16. The van der Waals surface area contributed by atoms with Gasteiger partial charge in [0.15, 0.2) is 11.6 Å². The maximum atomic E-state index is 13.8. The van der Waals surface area contributed by atoms with Crippen LogP contribution >= 0.6 is 11.6 Å². The first-order valence-corrected chi connectivity index (χ1v) is 6.81. The van der Waals surface area contributed by atoms with Gasteiger partial charge in [-0.05, 0) is 13.8 Å². The number of ether oxygens (including phenoxy) is 2. The SMILES string of the molecule is COC(=O)C(C)n1c(C(C)Cl)nc2cc(F)c(OC)cc21. The Hall–Kier alpha value is -1.82. The summed E-state index contributed by atoms with van der Waals surface area (Å²) in [6, 6.07) is 2.13. The number of methoxy groups -OCH3 is 2. The van der Waals surface area contributed by atoms with Crippen LogP contribution in [0.2, 0.25) is 0 Å². The normalized spacial score (nSPS) is 14.0. The van der Waals surface area contributed by atoms with E-state index in [0.717, 1.165) is 0 Å². The number of benzene rings is 1. The Morgan fingerprint density at radius 3 is 2.57 bits per heavy atom. The van der Waals surface area contributed by atoms with Crippen molar-refractivity contribution in [3.05, 3.63) is 23.8 Å². The van der Waals surface area contributed by atoms with Crippen LogP contribution in [0, 0.1) is 5.82 Å². The molecule has 0 aliphatic heterocycles. The van der Waals surface area contributed by atoms with Gasteiger partial charge in [0.1, 0.15) is 11.9 Å². The van der Waals surface area contributed by atoms with Gasteiger partial charge in [-0.2, -0.15) is 0 Å². The molecule has 1 aromatic heterocycles. The summed E-state index contributed by atoms with van der Waals surface area (Å²) < 4.78 is 25.2. The molecule has 1 heterocycles. The second kappa shape index (κ2) is 5.89. The number of fused-ring (bicyclic) bond motifs is 1. The zero-order valence-corrected chi connectivity index (χ0v) is 12.9. The molecule has 114 valence electrons. The fourth-order valence-electron chi connectivity index (χ4n) is 2.24. The predicted octanol–water partition coefficient (Wildman–Crippen LogP) is 3.22. The Labute approximate surface area is 126 Å². The van der Waals surface area contributed by atoms with Crippen LogP contribution in [0.25, 0.3) is 11.0 Å². The van der Waals surface area contributed by atoms with Crippen molar-refractivity contribution in [1.82, 2.24) is 9.55 Å². The number of esters is 1. The first-order valence-electron chi connectivity index (χ1n) is 6.38. The molecular weight excluding hydrogens is 299 g/mol. The highest BCUT2D eigenvalue weighted by Gasteiger charge is 2.25. The van der Waals surface area contributed by atoms with E-state index in [1.54, 1.807) is 18.4 Å². The van der Waals surface area contributed by atoms with E-state index in [-0.39, 0.29) is 5.75 Å². The molecule has 0 spiro atoms. The average Bonchev–Trinajstić information content (AvgIpc) is 2.82. The second-order valence-corrected chi connectivity index (χ2v) is 5.29. The lowest BCUT2D eigenvalue weighted by Crippen LogP contribution is -2.20. The summed E-state index contributed by atoms with van der Waals surface area (Å²) in [7, 11) is 2.68. The van der Waals surface area contributed by atoms with Crippen molar-refractivity contribution in [3.63, 3.8) is 0 Å². The average molecular weight is 315 g/mol. The number of halogens is 2. The quantitative estimate of drug-likeness (QED) is 0.642. The number of rotatable bonds is 4. The summed E-state index contributed by atoms with van der Waals surface area (Å²) in [6.45, 7) is 3.41. The van der Waals surface area contributed by atoms with Crippen molar-refractivity contribution >= 4 is 28.6 Å². The van der Waals surface area contributed by atoms with Crippen molar-refractivity contribution in [3.8, 4) is 5.75 Å². The molecule has 0 saturated carbocycles. The molecule has 2 rings (SSSR count). The minimum atomic E-state index is -0.633. The van der Waals surface area contributed by atoms with E-state index in [9.17, 15) is 9.18 Å². The second-order valence-electron chi connectivity index (χ2n) is 4.63. The molecule has 0 aliphatic carbocycles. The van der Waals surface area contributed by atoms with Crippen LogP contribution in [0.15, 0.2) is 12.1 Å². The summed E-state index contributed by atoms with van der Waals surface area (Å²) in [6.07, 6.45) is 0. The molecule has 0 N–H and O–H groups in total. The molecule has 21 heavy (non-hydrogen) atoms. The van der Waals surface area contributed by atoms with Crippen LogP contribution < -0.4 is 4.74 Å². The Kier molecular flexibility index (Phi) is 4.37. The summed E-state index contributed by atoms with van der Waals surface area (Å²) in [4.78, 5) is 16.1. The van der Waals surface area contributed by atoms with Crippen molar-refractivity contribution in [2.24, 2.45) is 0 Å². The molecule has 0 saturated heterocycles. The Morgan fingerprint density at radius 2 is 2.05 bits per heavy atom. The molecule has 7 heteroatoms. The minimum Gasteiger partial charge on any atom is -0.494 e. The Bertz CT molecular complexity index is 684. The summed E-state index contributed by atoms with van der Waals surface area (Å²) in [5.41, 5.74) is 0.972. The molecule has 0 bridgehead atoms. The first kappa shape index (κ1) is 15.6. The number of hydrogen-bond acceptors (Lipinski definition) is 4. The molecule has 0 amide bonds. The number of aromatic nitrogens is 2. The number of carbonyl (C=O) groups is 1. The molecule has 2 atom stereocenters. The summed E-state index contributed by atoms with van der Waals surface area (Å²) >= 11 is 6.12. The topological polar surface area (TPSA) is 53.4 Å². The van der Waals surface area contributed by atoms with E-state index in [2.05, 4.69) is 4.98 Å². The van der Waals surface area contributed by atoms with E-state index in [1.165, 1.54) is 26.4 Å². The monoisotopic (exact) mass is 314 g/mol. The van der Waals surface area contributed by atoms with Crippen LogP contribution in [-0.4, -0.2) is 29.7 Å². The third kappa shape index (κ3) is 2.68. The van der Waals surface area contributed by atoms with Gasteiger partial charge in [0, 0.05) is 12.1 Å². The van der Waals surface area contributed by atoms with Crippen LogP contribution in [-0.2, 0) is 9.53 Å². The standard InChI is InChI=1S/C14H16ClFN2O3/c1-7(15)13-17-10-5-9(16)12(20-3)6-11(10)18(13)8(2)14(19)21-4/h5-8H,1-4H3. The van der Waals surface area contributed by atoms with Crippen molar-refractivity contribution in [2.45, 2.75) is 25.3 Å².